The molecule has 1 aromatic carbocycles. The molecule has 2 aliphatic rings. The monoisotopic (exact) mass is 342 g/mol. The Bertz CT molecular complexity index is 808. The van der Waals surface area contributed by atoms with Gasteiger partial charge < -0.3 is 10.6 Å². The van der Waals surface area contributed by atoms with Gasteiger partial charge in [0.1, 0.15) is 6.04 Å². The highest BCUT2D eigenvalue weighted by molar-refractivity contribution is 5.92. The Morgan fingerprint density at radius 2 is 2.00 bits per heavy atom. The fraction of sp³-hybridized carbons (Fsp3) is 0.474. The van der Waals surface area contributed by atoms with Gasteiger partial charge >= 0.3 is 0 Å². The van der Waals surface area contributed by atoms with Gasteiger partial charge in [0.05, 0.1) is 18.0 Å². The normalized spacial score (nSPS) is 22.0. The Morgan fingerprint density at radius 3 is 2.72 bits per heavy atom. The molecule has 0 bridgehead atoms. The minimum atomic E-state index is -2.46. The van der Waals surface area contributed by atoms with E-state index < -0.39 is 12.0 Å². The van der Waals surface area contributed by atoms with Crippen LogP contribution in [-0.2, 0) is 0 Å². The van der Waals surface area contributed by atoms with Crippen LogP contribution in [0.1, 0.15) is 25.7 Å². The summed E-state index contributed by atoms with van der Waals surface area (Å²) in [5, 5.41) is 18.0. The van der Waals surface area contributed by atoms with Crippen LogP contribution in [0.3, 0.4) is 0 Å². The van der Waals surface area contributed by atoms with Gasteiger partial charge in [-0.25, -0.2) is 8.78 Å². The Morgan fingerprint density at radius 1 is 1.24 bits per heavy atom. The first kappa shape index (κ1) is 16.2. The van der Waals surface area contributed by atoms with Crippen LogP contribution in [0.25, 0.3) is 10.8 Å². The lowest BCUT2D eigenvalue weighted by Gasteiger charge is -2.57. The standard InChI is InChI=1S/C19H20F2N4/c20-19(21)11-18(12-19)5-14(6-18)24-9-15(7-22)25-17-10-23-8-13-3-1-2-4-16(13)17/h1-4,8,10,14-15,24-25H,5-6,9,11-12H2. The van der Waals surface area contributed by atoms with Crippen molar-refractivity contribution in [2.75, 3.05) is 11.9 Å². The Balaban J connectivity index is 1.32. The van der Waals surface area contributed by atoms with Gasteiger partial charge in [0.25, 0.3) is 0 Å². The molecule has 25 heavy (non-hydrogen) atoms. The molecule has 0 aliphatic heterocycles. The van der Waals surface area contributed by atoms with Crippen LogP contribution in [0, 0.1) is 16.7 Å². The summed E-state index contributed by atoms with van der Waals surface area (Å²) < 4.78 is 26.1. The van der Waals surface area contributed by atoms with Crippen LogP contribution in [0.5, 0.6) is 0 Å². The van der Waals surface area contributed by atoms with Crippen molar-refractivity contribution in [1.82, 2.24) is 10.3 Å². The number of hydrogen-bond acceptors (Lipinski definition) is 4. The van der Waals surface area contributed by atoms with Crippen molar-refractivity contribution in [3.05, 3.63) is 36.7 Å². The molecular weight excluding hydrogens is 322 g/mol. The maximum absolute atomic E-state index is 13.0. The van der Waals surface area contributed by atoms with Gasteiger partial charge in [-0.2, -0.15) is 5.26 Å². The number of rotatable bonds is 5. The highest BCUT2D eigenvalue weighted by Gasteiger charge is 2.61. The molecule has 1 unspecified atom stereocenters. The van der Waals surface area contributed by atoms with Crippen molar-refractivity contribution in [3.63, 3.8) is 0 Å². The van der Waals surface area contributed by atoms with E-state index in [9.17, 15) is 14.0 Å². The molecule has 2 fully saturated rings. The topological polar surface area (TPSA) is 60.7 Å². The number of benzene rings is 1. The summed E-state index contributed by atoms with van der Waals surface area (Å²) in [6, 6.07) is 9.98. The van der Waals surface area contributed by atoms with Crippen molar-refractivity contribution in [2.45, 2.75) is 43.7 Å². The van der Waals surface area contributed by atoms with Crippen LogP contribution in [0.4, 0.5) is 14.5 Å². The number of hydrogen-bond donors (Lipinski definition) is 2. The number of fused-ring (bicyclic) bond motifs is 1. The lowest BCUT2D eigenvalue weighted by molar-refractivity contribution is -0.198. The van der Waals surface area contributed by atoms with E-state index in [-0.39, 0.29) is 24.3 Å². The zero-order valence-corrected chi connectivity index (χ0v) is 13.8. The number of anilines is 1. The predicted molar refractivity (Wildman–Crippen MR) is 92.4 cm³/mol. The van der Waals surface area contributed by atoms with Crippen LogP contribution >= 0.6 is 0 Å². The third-order valence-electron chi connectivity index (χ3n) is 5.39. The zero-order chi connectivity index (χ0) is 17.5. The SMILES string of the molecule is N#CC(CNC1CC2(C1)CC(F)(F)C2)Nc1cncc2ccccc12. The molecule has 0 saturated heterocycles. The van der Waals surface area contributed by atoms with E-state index in [0.717, 1.165) is 29.3 Å². The van der Waals surface area contributed by atoms with Gasteiger partial charge in [0, 0.05) is 42.4 Å². The number of halogens is 2. The molecule has 0 amide bonds. The summed E-state index contributed by atoms with van der Waals surface area (Å²) >= 11 is 0. The zero-order valence-electron chi connectivity index (χ0n) is 13.8. The Labute approximate surface area is 145 Å². The first-order valence-electron chi connectivity index (χ1n) is 8.59. The molecule has 6 heteroatoms. The summed E-state index contributed by atoms with van der Waals surface area (Å²) in [6.45, 7) is 0.483. The number of aromatic nitrogens is 1. The lowest BCUT2D eigenvalue weighted by Crippen LogP contribution is -2.59. The molecule has 4 rings (SSSR count). The van der Waals surface area contributed by atoms with E-state index in [1.165, 1.54) is 0 Å². The van der Waals surface area contributed by atoms with Gasteiger partial charge in [-0.05, 0) is 18.3 Å². The van der Waals surface area contributed by atoms with E-state index in [4.69, 9.17) is 0 Å². The number of nitriles is 1. The molecule has 4 nitrogen and oxygen atoms in total. The first-order valence-corrected chi connectivity index (χ1v) is 8.59. The van der Waals surface area contributed by atoms with Gasteiger partial charge in [-0.15, -0.1) is 0 Å². The summed E-state index contributed by atoms with van der Waals surface area (Å²) in [5.41, 5.74) is 0.686. The van der Waals surface area contributed by atoms with Gasteiger partial charge in [-0.1, -0.05) is 24.3 Å². The maximum Gasteiger partial charge on any atom is 0.249 e. The van der Waals surface area contributed by atoms with E-state index in [0.29, 0.717) is 6.54 Å². The maximum atomic E-state index is 13.0. The third kappa shape index (κ3) is 3.16. The summed E-state index contributed by atoms with van der Waals surface area (Å²) in [7, 11) is 0. The molecular formula is C19H20F2N4. The van der Waals surface area contributed by atoms with E-state index >= 15 is 0 Å². The molecule has 1 spiro atoms. The number of nitrogens with zero attached hydrogens (tertiary/aromatic N) is 2. The minimum Gasteiger partial charge on any atom is -0.367 e. The average Bonchev–Trinajstić information content (AvgIpc) is 2.54. The van der Waals surface area contributed by atoms with E-state index in [2.05, 4.69) is 21.7 Å². The largest absolute Gasteiger partial charge is 0.367 e. The Hall–Kier alpha value is -2.26. The number of nitrogens with one attached hydrogen (secondary N) is 2. The fourth-order valence-electron chi connectivity index (χ4n) is 4.30. The smallest absolute Gasteiger partial charge is 0.249 e. The van der Waals surface area contributed by atoms with Gasteiger partial charge in [0.15, 0.2) is 0 Å². The van der Waals surface area contributed by atoms with Gasteiger partial charge in [-0.3, -0.25) is 4.98 Å². The lowest BCUT2D eigenvalue weighted by atomic mass is 9.52. The van der Waals surface area contributed by atoms with Crippen LogP contribution in [0.15, 0.2) is 36.7 Å². The molecule has 1 heterocycles. The van der Waals surface area contributed by atoms with Crippen molar-refractivity contribution in [1.29, 1.82) is 5.26 Å². The summed E-state index contributed by atoms with van der Waals surface area (Å²) in [5.74, 6) is -2.46. The molecule has 2 saturated carbocycles. The highest BCUT2D eigenvalue weighted by atomic mass is 19.3. The van der Waals surface area contributed by atoms with E-state index in [1.54, 1.807) is 12.4 Å². The van der Waals surface area contributed by atoms with Crippen molar-refractivity contribution >= 4 is 16.5 Å². The third-order valence-corrected chi connectivity index (χ3v) is 5.39. The highest BCUT2D eigenvalue weighted by Crippen LogP contribution is 2.62. The average molecular weight is 342 g/mol. The molecule has 2 aliphatic carbocycles. The molecule has 1 aromatic heterocycles. The van der Waals surface area contributed by atoms with Crippen molar-refractivity contribution in [3.8, 4) is 6.07 Å². The van der Waals surface area contributed by atoms with Gasteiger partial charge in [0.2, 0.25) is 5.92 Å². The Kier molecular flexibility index (Phi) is 3.84. The van der Waals surface area contributed by atoms with E-state index in [1.807, 2.05) is 24.3 Å². The number of alkyl halides is 2. The number of pyridine rings is 1. The minimum absolute atomic E-state index is 0.0276. The predicted octanol–water partition coefficient (Wildman–Crippen LogP) is 3.71. The summed E-state index contributed by atoms with van der Waals surface area (Å²) in [4.78, 5) is 4.21. The second kappa shape index (κ2) is 5.92. The molecule has 1 atom stereocenters. The van der Waals surface area contributed by atoms with Crippen molar-refractivity contribution < 1.29 is 8.78 Å². The molecule has 0 radical (unpaired) electrons. The quantitative estimate of drug-likeness (QED) is 0.870. The van der Waals surface area contributed by atoms with Crippen LogP contribution < -0.4 is 10.6 Å². The second-order valence-electron chi connectivity index (χ2n) is 7.46. The second-order valence-corrected chi connectivity index (χ2v) is 7.46. The first-order chi connectivity index (χ1) is 12.0. The molecule has 130 valence electrons. The molecule has 2 N–H and O–H groups in total. The van der Waals surface area contributed by atoms with Crippen molar-refractivity contribution in [2.24, 2.45) is 5.41 Å². The summed E-state index contributed by atoms with van der Waals surface area (Å²) in [6.07, 6.45) is 5.15. The fourth-order valence-corrected chi connectivity index (χ4v) is 4.30. The van der Waals surface area contributed by atoms with Crippen LogP contribution in [-0.4, -0.2) is 29.5 Å². The molecule has 2 aromatic rings. The van der Waals surface area contributed by atoms with Crippen LogP contribution in [0.2, 0.25) is 0 Å².